The molecule has 0 fully saturated rings. The minimum Gasteiger partial charge on any atom is -0.291 e. The number of unbranched alkanes of at least 4 members (excludes halogenated alkanes) is 5. The molecule has 0 aromatic carbocycles. The van der Waals surface area contributed by atoms with Crippen LogP contribution in [0.25, 0.3) is 0 Å². The van der Waals surface area contributed by atoms with Gasteiger partial charge in [-0.3, -0.25) is 25.0 Å². The Hall–Kier alpha value is -2.31. The first kappa shape index (κ1) is 22.7. The third-order valence-corrected chi connectivity index (χ3v) is 3.62. The molecule has 1 radical (unpaired) electrons. The van der Waals surface area contributed by atoms with Gasteiger partial charge in [0.25, 0.3) is 0 Å². The monoisotopic (exact) mass is 351 g/mol. The largest absolute Gasteiger partial charge is 0.291 e. The molecular weight excluding hydrogens is 324 g/mol. The van der Waals surface area contributed by atoms with Crippen molar-refractivity contribution in [2.24, 2.45) is 0 Å². The van der Waals surface area contributed by atoms with E-state index in [2.05, 4.69) is 0 Å². The van der Waals surface area contributed by atoms with Crippen molar-refractivity contribution in [3.63, 3.8) is 0 Å². The zero-order valence-electron chi connectivity index (χ0n) is 14.8. The molecule has 0 aliphatic rings. The summed E-state index contributed by atoms with van der Waals surface area (Å²) in [6.45, 7) is 1.97. The van der Waals surface area contributed by atoms with Gasteiger partial charge in [-0.15, -0.1) is 0 Å². The van der Waals surface area contributed by atoms with E-state index in [1.165, 1.54) is 12.2 Å². The Morgan fingerprint density at radius 1 is 0.920 bits per heavy atom. The Kier molecular flexibility index (Phi) is 13.8. The number of carbonyl (C=O) groups excluding carboxylic acids is 1. The van der Waals surface area contributed by atoms with E-state index in [1.54, 1.807) is 0 Å². The third-order valence-electron chi connectivity index (χ3n) is 3.62. The van der Waals surface area contributed by atoms with Gasteiger partial charge < -0.3 is 0 Å². The van der Waals surface area contributed by atoms with Gasteiger partial charge in [0.2, 0.25) is 11.4 Å². The summed E-state index contributed by atoms with van der Waals surface area (Å²) < 4.78 is 0. The van der Waals surface area contributed by atoms with Crippen molar-refractivity contribution >= 4 is 6.29 Å². The molecule has 0 aliphatic carbocycles. The molecule has 7 heteroatoms. The van der Waals surface area contributed by atoms with Crippen molar-refractivity contribution in [3.05, 3.63) is 55.9 Å². The zero-order valence-corrected chi connectivity index (χ0v) is 14.8. The molecule has 7 nitrogen and oxygen atoms in total. The SMILES string of the molecule is CC/C=C/C/C=C(/C/C=C(/CCCCCCC[C]=O)[N+](=O)[O-])[N+](=O)[O-]. The Morgan fingerprint density at radius 3 is 2.16 bits per heavy atom. The van der Waals surface area contributed by atoms with Crippen LogP contribution in [0.3, 0.4) is 0 Å². The highest BCUT2D eigenvalue weighted by molar-refractivity contribution is 5.50. The Morgan fingerprint density at radius 2 is 1.56 bits per heavy atom. The van der Waals surface area contributed by atoms with Crippen LogP contribution in [0.4, 0.5) is 0 Å². The van der Waals surface area contributed by atoms with Crippen molar-refractivity contribution in [1.29, 1.82) is 0 Å². The summed E-state index contributed by atoms with van der Waals surface area (Å²) in [5, 5.41) is 22.1. The highest BCUT2D eigenvalue weighted by Crippen LogP contribution is 2.15. The minimum absolute atomic E-state index is 0.0229. The fourth-order valence-electron chi connectivity index (χ4n) is 2.22. The molecule has 0 aromatic heterocycles. The Bertz CT molecular complexity index is 510. The van der Waals surface area contributed by atoms with E-state index in [0.29, 0.717) is 25.7 Å². The van der Waals surface area contributed by atoms with Gasteiger partial charge in [0.15, 0.2) is 6.29 Å². The maximum absolute atomic E-state index is 11.1. The third kappa shape index (κ3) is 12.7. The van der Waals surface area contributed by atoms with Gasteiger partial charge in [0, 0.05) is 12.8 Å². The molecule has 0 heterocycles. The summed E-state index contributed by atoms with van der Waals surface area (Å²) in [7, 11) is 0. The van der Waals surface area contributed by atoms with Crippen molar-refractivity contribution < 1.29 is 14.6 Å². The van der Waals surface area contributed by atoms with Gasteiger partial charge in [-0.05, 0) is 37.8 Å². The quantitative estimate of drug-likeness (QED) is 0.181. The zero-order chi connectivity index (χ0) is 18.9. The van der Waals surface area contributed by atoms with E-state index in [-0.39, 0.29) is 17.8 Å². The molecule has 139 valence electrons. The molecule has 0 aliphatic heterocycles. The van der Waals surface area contributed by atoms with Crippen LogP contribution in [0.5, 0.6) is 0 Å². The smallest absolute Gasteiger partial charge is 0.246 e. The molecule has 0 atom stereocenters. The standard InChI is InChI=1S/C18H27N2O5/c1-2-3-4-9-12-17(19(22)23)14-15-18(20(24)25)13-10-7-5-6-8-11-16-21/h3-4,12,15H,2,5-11,13-14H2,1H3/b4-3+,17-12-,18-15-. The number of hydrogen-bond donors (Lipinski definition) is 0. The molecule has 0 N–H and O–H groups in total. The van der Waals surface area contributed by atoms with Crippen molar-refractivity contribution in [2.75, 3.05) is 0 Å². The highest BCUT2D eigenvalue weighted by Gasteiger charge is 2.14. The Balaban J connectivity index is 4.47. The lowest BCUT2D eigenvalue weighted by molar-refractivity contribution is -0.432. The molecule has 0 saturated carbocycles. The second-order valence-corrected chi connectivity index (χ2v) is 5.64. The second kappa shape index (κ2) is 15.2. The Labute approximate surface area is 148 Å². The maximum Gasteiger partial charge on any atom is 0.246 e. The topological polar surface area (TPSA) is 103 Å². The lowest BCUT2D eigenvalue weighted by Crippen LogP contribution is -2.02. The average molecular weight is 351 g/mol. The van der Waals surface area contributed by atoms with E-state index < -0.39 is 9.85 Å². The summed E-state index contributed by atoms with van der Waals surface area (Å²) in [5.41, 5.74) is 0.00305. The van der Waals surface area contributed by atoms with Crippen LogP contribution in [0, 0.1) is 20.2 Å². The van der Waals surface area contributed by atoms with Crippen LogP contribution in [0.1, 0.15) is 71.1 Å². The fraction of sp³-hybridized carbons (Fsp3) is 0.611. The summed E-state index contributed by atoms with van der Waals surface area (Å²) in [6.07, 6.45) is 14.5. The molecule has 0 unspecified atom stereocenters. The first-order valence-electron chi connectivity index (χ1n) is 8.69. The van der Waals surface area contributed by atoms with Crippen molar-refractivity contribution in [2.45, 2.75) is 71.1 Å². The average Bonchev–Trinajstić information content (AvgIpc) is 2.57. The van der Waals surface area contributed by atoms with E-state index >= 15 is 0 Å². The number of nitro groups is 2. The summed E-state index contributed by atoms with van der Waals surface area (Å²) in [5.74, 6) is 0. The van der Waals surface area contributed by atoms with Crippen molar-refractivity contribution in [1.82, 2.24) is 0 Å². The highest BCUT2D eigenvalue weighted by atomic mass is 16.6. The van der Waals surface area contributed by atoms with Crippen LogP contribution in [0.2, 0.25) is 0 Å². The number of nitrogens with zero attached hydrogens (tertiary/aromatic N) is 2. The summed E-state index contributed by atoms with van der Waals surface area (Å²) >= 11 is 0. The molecule has 25 heavy (non-hydrogen) atoms. The summed E-state index contributed by atoms with van der Waals surface area (Å²) in [4.78, 5) is 31.2. The van der Waals surface area contributed by atoms with E-state index in [4.69, 9.17) is 0 Å². The lowest BCUT2D eigenvalue weighted by Gasteiger charge is -2.00. The predicted octanol–water partition coefficient (Wildman–Crippen LogP) is 4.89. The first-order chi connectivity index (χ1) is 12.0. The fourth-order valence-corrected chi connectivity index (χ4v) is 2.22. The molecule has 0 saturated heterocycles. The van der Waals surface area contributed by atoms with Crippen LogP contribution < -0.4 is 0 Å². The van der Waals surface area contributed by atoms with Gasteiger partial charge in [0.1, 0.15) is 0 Å². The van der Waals surface area contributed by atoms with E-state index in [0.717, 1.165) is 32.1 Å². The van der Waals surface area contributed by atoms with Crippen LogP contribution in [-0.4, -0.2) is 16.1 Å². The molecule has 0 aromatic rings. The minimum atomic E-state index is -0.488. The lowest BCUT2D eigenvalue weighted by atomic mass is 10.1. The maximum atomic E-state index is 11.1. The van der Waals surface area contributed by atoms with Crippen LogP contribution in [-0.2, 0) is 4.79 Å². The van der Waals surface area contributed by atoms with Gasteiger partial charge >= 0.3 is 0 Å². The first-order valence-corrected chi connectivity index (χ1v) is 8.69. The van der Waals surface area contributed by atoms with Crippen LogP contribution in [0.15, 0.2) is 35.7 Å². The van der Waals surface area contributed by atoms with Gasteiger partial charge in [0.05, 0.1) is 16.3 Å². The number of allylic oxidation sites excluding steroid dienone is 5. The molecule has 0 bridgehead atoms. The van der Waals surface area contributed by atoms with E-state index in [1.807, 2.05) is 25.4 Å². The molecule has 0 amide bonds. The normalized spacial score (nSPS) is 12.5. The molecule has 0 rings (SSSR count). The van der Waals surface area contributed by atoms with Gasteiger partial charge in [-0.25, -0.2) is 0 Å². The van der Waals surface area contributed by atoms with E-state index in [9.17, 15) is 25.0 Å². The summed E-state index contributed by atoms with van der Waals surface area (Å²) in [6, 6.07) is 0. The van der Waals surface area contributed by atoms with Gasteiger partial charge in [-0.1, -0.05) is 38.3 Å². The number of rotatable bonds is 15. The second-order valence-electron chi connectivity index (χ2n) is 5.64. The predicted molar refractivity (Wildman–Crippen MR) is 96.8 cm³/mol. The van der Waals surface area contributed by atoms with Crippen molar-refractivity contribution in [3.8, 4) is 0 Å². The van der Waals surface area contributed by atoms with Crippen LogP contribution >= 0.6 is 0 Å². The number of hydrogen-bond acceptors (Lipinski definition) is 5. The van der Waals surface area contributed by atoms with Gasteiger partial charge in [-0.2, -0.15) is 0 Å². The molecular formula is C18H27N2O5. The molecule has 0 spiro atoms.